The molecular formula is C19H22N2O4. The molecule has 0 bridgehead atoms. The number of methoxy groups -OCH3 is 1. The summed E-state index contributed by atoms with van der Waals surface area (Å²) in [6.07, 6.45) is 4.08. The molecule has 1 saturated heterocycles. The van der Waals surface area contributed by atoms with Gasteiger partial charge in [-0.2, -0.15) is 0 Å². The highest BCUT2D eigenvalue weighted by atomic mass is 16.5. The summed E-state index contributed by atoms with van der Waals surface area (Å²) in [5, 5.41) is 10.5. The van der Waals surface area contributed by atoms with Crippen LogP contribution in [0.3, 0.4) is 0 Å². The lowest BCUT2D eigenvalue weighted by Crippen LogP contribution is -2.43. The van der Waals surface area contributed by atoms with Crippen molar-refractivity contribution in [3.63, 3.8) is 0 Å². The van der Waals surface area contributed by atoms with Crippen molar-refractivity contribution in [2.75, 3.05) is 13.7 Å². The summed E-state index contributed by atoms with van der Waals surface area (Å²) in [4.78, 5) is 29.6. The number of likely N-dealkylation sites (tertiary alicyclic amines) is 1. The predicted molar refractivity (Wildman–Crippen MR) is 92.8 cm³/mol. The number of carboxylic acids is 1. The van der Waals surface area contributed by atoms with Gasteiger partial charge in [0.15, 0.2) is 0 Å². The number of aromatic nitrogens is 1. The summed E-state index contributed by atoms with van der Waals surface area (Å²) in [6, 6.07) is 6.63. The van der Waals surface area contributed by atoms with Crippen LogP contribution in [0.25, 0.3) is 10.9 Å². The van der Waals surface area contributed by atoms with Crippen LogP contribution in [0, 0.1) is 11.8 Å². The lowest BCUT2D eigenvalue weighted by molar-refractivity contribution is -0.143. The number of aliphatic carboxylic acids is 1. The molecule has 25 heavy (non-hydrogen) atoms. The van der Waals surface area contributed by atoms with Crippen molar-refractivity contribution in [1.29, 1.82) is 0 Å². The number of nitrogens with zero attached hydrogens (tertiary/aromatic N) is 1. The maximum absolute atomic E-state index is 13.1. The van der Waals surface area contributed by atoms with Crippen molar-refractivity contribution in [1.82, 2.24) is 9.88 Å². The van der Waals surface area contributed by atoms with E-state index in [9.17, 15) is 14.7 Å². The van der Waals surface area contributed by atoms with Crippen LogP contribution >= 0.6 is 0 Å². The monoisotopic (exact) mass is 342 g/mol. The first-order valence-electron chi connectivity index (χ1n) is 8.79. The number of carbonyl (C=O) groups is 2. The molecule has 132 valence electrons. The molecule has 2 heterocycles. The van der Waals surface area contributed by atoms with Crippen LogP contribution in [0.1, 0.15) is 36.2 Å². The fraction of sp³-hybridized carbons (Fsp3) is 0.474. The number of aromatic amines is 1. The maximum atomic E-state index is 13.1. The summed E-state index contributed by atoms with van der Waals surface area (Å²) in [5.74, 6) is -0.0546. The van der Waals surface area contributed by atoms with Crippen LogP contribution in [-0.2, 0) is 4.79 Å². The molecule has 6 heteroatoms. The van der Waals surface area contributed by atoms with E-state index in [1.807, 2.05) is 18.2 Å². The minimum absolute atomic E-state index is 0.0779. The van der Waals surface area contributed by atoms with E-state index in [4.69, 9.17) is 4.74 Å². The van der Waals surface area contributed by atoms with Gasteiger partial charge in [-0.05, 0) is 42.9 Å². The first-order valence-corrected chi connectivity index (χ1v) is 8.79. The second kappa shape index (κ2) is 6.10. The number of benzene rings is 1. The number of carbonyl (C=O) groups excluding carboxylic acids is 1. The largest absolute Gasteiger partial charge is 0.496 e. The minimum atomic E-state index is -0.892. The highest BCUT2D eigenvalue weighted by Crippen LogP contribution is 2.41. The van der Waals surface area contributed by atoms with Gasteiger partial charge in [-0.25, -0.2) is 4.79 Å². The van der Waals surface area contributed by atoms with E-state index in [0.29, 0.717) is 23.9 Å². The number of amides is 1. The van der Waals surface area contributed by atoms with Crippen molar-refractivity contribution >= 4 is 22.8 Å². The van der Waals surface area contributed by atoms with Gasteiger partial charge < -0.3 is 19.7 Å². The molecule has 2 fully saturated rings. The molecule has 2 aliphatic rings. The molecule has 1 aromatic carbocycles. The first-order chi connectivity index (χ1) is 12.1. The number of ether oxygens (including phenoxy) is 1. The molecule has 2 aromatic rings. The van der Waals surface area contributed by atoms with Gasteiger partial charge in [-0.15, -0.1) is 0 Å². The van der Waals surface area contributed by atoms with Gasteiger partial charge in [0.1, 0.15) is 17.5 Å². The Morgan fingerprint density at radius 2 is 2.08 bits per heavy atom. The number of carboxylic acid groups (broad SMARTS) is 1. The van der Waals surface area contributed by atoms with Crippen LogP contribution in [0.2, 0.25) is 0 Å². The topological polar surface area (TPSA) is 82.6 Å². The molecule has 0 radical (unpaired) electrons. The Morgan fingerprint density at radius 3 is 2.84 bits per heavy atom. The third kappa shape index (κ3) is 2.56. The fourth-order valence-electron chi connectivity index (χ4n) is 4.58. The lowest BCUT2D eigenvalue weighted by atomic mass is 9.78. The van der Waals surface area contributed by atoms with Crippen LogP contribution in [0.4, 0.5) is 0 Å². The average molecular weight is 342 g/mol. The number of fused-ring (bicyclic) bond motifs is 2. The summed E-state index contributed by atoms with van der Waals surface area (Å²) in [6.45, 7) is 0.535. The third-order valence-electron chi connectivity index (χ3n) is 5.73. The normalized spacial score (nSPS) is 25.8. The highest BCUT2D eigenvalue weighted by Gasteiger charge is 2.48. The summed E-state index contributed by atoms with van der Waals surface area (Å²) < 4.78 is 5.34. The SMILES string of the molecule is COc1cccc2[nH]c(C(=O)N3C[C@@H]4CCCC[C@@H]4[C@H]3C(=O)O)cc12. The van der Waals surface area contributed by atoms with E-state index in [2.05, 4.69) is 4.98 Å². The molecule has 3 atom stereocenters. The molecule has 1 aromatic heterocycles. The van der Waals surface area contributed by atoms with Gasteiger partial charge in [0, 0.05) is 17.4 Å². The minimum Gasteiger partial charge on any atom is -0.496 e. The van der Waals surface area contributed by atoms with Crippen molar-refractivity contribution < 1.29 is 19.4 Å². The van der Waals surface area contributed by atoms with E-state index < -0.39 is 12.0 Å². The van der Waals surface area contributed by atoms with Gasteiger partial charge in [0.2, 0.25) is 0 Å². The number of hydrogen-bond donors (Lipinski definition) is 2. The van der Waals surface area contributed by atoms with Crippen molar-refractivity contribution in [2.45, 2.75) is 31.7 Å². The quantitative estimate of drug-likeness (QED) is 0.898. The Morgan fingerprint density at radius 1 is 1.28 bits per heavy atom. The number of H-pyrrole nitrogens is 1. The van der Waals surface area contributed by atoms with E-state index in [1.165, 1.54) is 0 Å². The molecule has 0 unspecified atom stereocenters. The van der Waals surface area contributed by atoms with Gasteiger partial charge >= 0.3 is 5.97 Å². The number of nitrogens with one attached hydrogen (secondary N) is 1. The number of hydrogen-bond acceptors (Lipinski definition) is 3. The molecule has 1 aliphatic heterocycles. The molecule has 0 spiro atoms. The Hall–Kier alpha value is -2.50. The zero-order chi connectivity index (χ0) is 17.6. The second-order valence-corrected chi connectivity index (χ2v) is 7.05. The van der Waals surface area contributed by atoms with E-state index in [0.717, 1.165) is 36.6 Å². The fourth-order valence-corrected chi connectivity index (χ4v) is 4.58. The highest BCUT2D eigenvalue weighted by molar-refractivity contribution is 6.01. The molecule has 1 aliphatic carbocycles. The molecule has 6 nitrogen and oxygen atoms in total. The predicted octanol–water partition coefficient (Wildman–Crippen LogP) is 2.89. The molecule has 4 rings (SSSR count). The Labute approximate surface area is 145 Å². The first kappa shape index (κ1) is 16.0. The molecular weight excluding hydrogens is 320 g/mol. The average Bonchev–Trinajstić information content (AvgIpc) is 3.22. The zero-order valence-electron chi connectivity index (χ0n) is 14.2. The summed E-state index contributed by atoms with van der Waals surface area (Å²) in [5.41, 5.74) is 1.23. The zero-order valence-corrected chi connectivity index (χ0v) is 14.2. The standard InChI is InChI=1S/C19H22N2O4/c1-25-16-8-4-7-14-13(16)9-15(20-14)18(22)21-10-11-5-2-3-6-12(11)17(21)19(23)24/h4,7-9,11-12,17,20H,2-3,5-6,10H2,1H3,(H,23,24)/t11-,12-,17-/m0/s1. The smallest absolute Gasteiger partial charge is 0.326 e. The van der Waals surface area contributed by atoms with Gasteiger partial charge in [0.25, 0.3) is 5.91 Å². The Kier molecular flexibility index (Phi) is 3.90. The van der Waals surface area contributed by atoms with Crippen LogP contribution in [0.5, 0.6) is 5.75 Å². The van der Waals surface area contributed by atoms with Gasteiger partial charge in [-0.3, -0.25) is 4.79 Å². The van der Waals surface area contributed by atoms with Crippen molar-refractivity contribution in [3.8, 4) is 5.75 Å². The molecule has 1 saturated carbocycles. The van der Waals surface area contributed by atoms with Crippen molar-refractivity contribution in [3.05, 3.63) is 30.0 Å². The third-order valence-corrected chi connectivity index (χ3v) is 5.73. The van der Waals surface area contributed by atoms with E-state index in [-0.39, 0.29) is 11.8 Å². The summed E-state index contributed by atoms with van der Waals surface area (Å²) >= 11 is 0. The maximum Gasteiger partial charge on any atom is 0.326 e. The second-order valence-electron chi connectivity index (χ2n) is 7.05. The van der Waals surface area contributed by atoms with Crippen LogP contribution in [0.15, 0.2) is 24.3 Å². The number of rotatable bonds is 3. The molecule has 2 N–H and O–H groups in total. The van der Waals surface area contributed by atoms with Gasteiger partial charge in [0.05, 0.1) is 7.11 Å². The Balaban J connectivity index is 1.69. The van der Waals surface area contributed by atoms with E-state index in [1.54, 1.807) is 18.1 Å². The van der Waals surface area contributed by atoms with Gasteiger partial charge in [-0.1, -0.05) is 18.9 Å². The van der Waals surface area contributed by atoms with Crippen LogP contribution in [-0.4, -0.2) is 46.6 Å². The lowest BCUT2D eigenvalue weighted by Gasteiger charge is -2.27. The summed E-state index contributed by atoms with van der Waals surface area (Å²) in [7, 11) is 1.59. The van der Waals surface area contributed by atoms with Crippen molar-refractivity contribution in [2.24, 2.45) is 11.8 Å². The molecule has 1 amide bonds. The van der Waals surface area contributed by atoms with E-state index >= 15 is 0 Å². The van der Waals surface area contributed by atoms with Crippen LogP contribution < -0.4 is 4.74 Å². The Bertz CT molecular complexity index is 828.